The average Bonchev–Trinajstić information content (AvgIpc) is 3.73. The van der Waals surface area contributed by atoms with E-state index in [9.17, 15) is 0 Å². The molecule has 56 heavy (non-hydrogen) atoms. The SMILES string of the molecule is CC1c2ccccc2-c2ccccc2C1c1cc2c(cc1-c1ccccc1)oc1cc3oc4ccc(C5CCc6ccccc6-c6ccccc65)cc4c3cc12. The van der Waals surface area contributed by atoms with Crippen LogP contribution in [0.15, 0.2) is 179 Å². The van der Waals surface area contributed by atoms with Gasteiger partial charge in [-0.05, 0) is 116 Å². The summed E-state index contributed by atoms with van der Waals surface area (Å²) in [6.07, 6.45) is 2.11. The molecule has 2 aromatic heterocycles. The minimum atomic E-state index is 0.167. The van der Waals surface area contributed by atoms with E-state index < -0.39 is 0 Å². The van der Waals surface area contributed by atoms with Crippen LogP contribution in [0.25, 0.3) is 77.3 Å². The molecule has 0 N–H and O–H groups in total. The van der Waals surface area contributed by atoms with Gasteiger partial charge in [-0.2, -0.15) is 0 Å². The van der Waals surface area contributed by atoms with E-state index in [1.54, 1.807) is 0 Å². The number of hydrogen-bond acceptors (Lipinski definition) is 2. The fraction of sp³-hybridized carbons (Fsp3) is 0.111. The fourth-order valence-corrected chi connectivity index (χ4v) is 10.4. The van der Waals surface area contributed by atoms with Crippen molar-refractivity contribution < 1.29 is 8.83 Å². The maximum atomic E-state index is 6.76. The Balaban J connectivity index is 1.05. The van der Waals surface area contributed by atoms with Gasteiger partial charge in [0.25, 0.3) is 0 Å². The van der Waals surface area contributed by atoms with E-state index in [0.29, 0.717) is 0 Å². The van der Waals surface area contributed by atoms with Gasteiger partial charge in [0.2, 0.25) is 0 Å². The normalized spacial score (nSPS) is 17.4. The molecule has 12 rings (SSSR count). The average molecular weight is 719 g/mol. The van der Waals surface area contributed by atoms with Crippen LogP contribution in [0.2, 0.25) is 0 Å². The molecule has 8 aromatic carbocycles. The van der Waals surface area contributed by atoms with Gasteiger partial charge in [-0.3, -0.25) is 0 Å². The highest BCUT2D eigenvalue weighted by Crippen LogP contribution is 2.53. The summed E-state index contributed by atoms with van der Waals surface area (Å²) in [6, 6.07) is 62.7. The third kappa shape index (κ3) is 4.69. The summed E-state index contributed by atoms with van der Waals surface area (Å²) < 4.78 is 13.3. The van der Waals surface area contributed by atoms with Gasteiger partial charge in [0.1, 0.15) is 22.3 Å². The fourth-order valence-electron chi connectivity index (χ4n) is 10.4. The Morgan fingerprint density at radius 3 is 1.77 bits per heavy atom. The molecule has 0 aliphatic heterocycles. The van der Waals surface area contributed by atoms with Crippen LogP contribution < -0.4 is 0 Å². The maximum Gasteiger partial charge on any atom is 0.139 e. The third-order valence-corrected chi connectivity index (χ3v) is 13.0. The minimum absolute atomic E-state index is 0.167. The zero-order chi connectivity index (χ0) is 36.9. The molecule has 0 radical (unpaired) electrons. The first kappa shape index (κ1) is 31.7. The van der Waals surface area contributed by atoms with E-state index >= 15 is 0 Å². The third-order valence-electron chi connectivity index (χ3n) is 13.0. The molecular weight excluding hydrogens is 681 g/mol. The number of aryl methyl sites for hydroxylation is 1. The second-order valence-corrected chi connectivity index (χ2v) is 15.9. The van der Waals surface area contributed by atoms with Gasteiger partial charge in [-0.15, -0.1) is 0 Å². The molecule has 2 aliphatic rings. The summed E-state index contributed by atoms with van der Waals surface area (Å²) in [4.78, 5) is 0. The predicted molar refractivity (Wildman–Crippen MR) is 231 cm³/mol. The van der Waals surface area contributed by atoms with Gasteiger partial charge in [-0.25, -0.2) is 0 Å². The van der Waals surface area contributed by atoms with Crippen molar-refractivity contribution in [1.82, 2.24) is 0 Å². The van der Waals surface area contributed by atoms with Gasteiger partial charge in [-0.1, -0.05) is 140 Å². The zero-order valence-corrected chi connectivity index (χ0v) is 31.1. The van der Waals surface area contributed by atoms with Crippen LogP contribution in [0, 0.1) is 0 Å². The van der Waals surface area contributed by atoms with Crippen LogP contribution in [0.1, 0.15) is 64.5 Å². The largest absolute Gasteiger partial charge is 0.456 e. The summed E-state index contributed by atoms with van der Waals surface area (Å²) in [5, 5.41) is 4.54. The van der Waals surface area contributed by atoms with Crippen LogP contribution in [-0.4, -0.2) is 0 Å². The van der Waals surface area contributed by atoms with Crippen LogP contribution in [-0.2, 0) is 6.42 Å². The summed E-state index contributed by atoms with van der Waals surface area (Å²) in [5.74, 6) is 0.736. The van der Waals surface area contributed by atoms with Crippen molar-refractivity contribution in [2.75, 3.05) is 0 Å². The van der Waals surface area contributed by atoms with Crippen LogP contribution in [0.3, 0.4) is 0 Å². The molecular formula is C54H38O2. The van der Waals surface area contributed by atoms with Gasteiger partial charge < -0.3 is 8.83 Å². The van der Waals surface area contributed by atoms with E-state index in [2.05, 4.69) is 177 Å². The molecule has 3 unspecified atom stereocenters. The molecule has 0 saturated heterocycles. The van der Waals surface area contributed by atoms with Gasteiger partial charge >= 0.3 is 0 Å². The molecule has 0 amide bonds. The number of benzene rings is 8. The molecule has 2 nitrogen and oxygen atoms in total. The van der Waals surface area contributed by atoms with Crippen molar-refractivity contribution in [3.63, 3.8) is 0 Å². The standard InChI is InChI=1S/C54H38O2/c1-32-36-16-7-8-18-39(36)42-21-11-12-22-43(42)54(32)49-29-48-47-28-46-45-27-35(38-25-23-34-15-5-6-17-37(34)40-19-9-10-20-41(38)40)24-26-50(45)55-52(46)31-53(47)56-51(48)30-44(49)33-13-3-2-4-14-33/h2-22,24,26-32,38,54H,23,25H2,1H3. The molecule has 2 heteroatoms. The second kappa shape index (κ2) is 12.2. The van der Waals surface area contributed by atoms with Crippen molar-refractivity contribution in [3.05, 3.63) is 203 Å². The van der Waals surface area contributed by atoms with Crippen molar-refractivity contribution in [1.29, 1.82) is 0 Å². The highest BCUT2D eigenvalue weighted by Gasteiger charge is 2.34. The zero-order valence-electron chi connectivity index (χ0n) is 31.1. The number of rotatable bonds is 3. The molecule has 10 aromatic rings. The van der Waals surface area contributed by atoms with Gasteiger partial charge in [0.15, 0.2) is 0 Å². The lowest BCUT2D eigenvalue weighted by molar-refractivity contribution is 0.648. The molecule has 2 heterocycles. The van der Waals surface area contributed by atoms with Crippen LogP contribution in [0.5, 0.6) is 0 Å². The lowest BCUT2D eigenvalue weighted by atomic mass is 9.68. The first-order chi connectivity index (χ1) is 27.7. The first-order valence-corrected chi connectivity index (χ1v) is 19.9. The summed E-state index contributed by atoms with van der Waals surface area (Å²) in [5.41, 5.74) is 19.5. The van der Waals surface area contributed by atoms with Crippen molar-refractivity contribution in [2.24, 2.45) is 0 Å². The van der Waals surface area contributed by atoms with E-state index in [1.807, 2.05) is 0 Å². The van der Waals surface area contributed by atoms with Crippen molar-refractivity contribution in [3.8, 4) is 33.4 Å². The Labute approximate surface area is 325 Å². The summed E-state index contributed by atoms with van der Waals surface area (Å²) >= 11 is 0. The Morgan fingerprint density at radius 2 is 0.982 bits per heavy atom. The smallest absolute Gasteiger partial charge is 0.139 e. The number of hydrogen-bond donors (Lipinski definition) is 0. The maximum absolute atomic E-state index is 6.76. The summed E-state index contributed by atoms with van der Waals surface area (Å²) in [6.45, 7) is 2.40. The first-order valence-electron chi connectivity index (χ1n) is 19.9. The van der Waals surface area contributed by atoms with Crippen LogP contribution in [0.4, 0.5) is 0 Å². The van der Waals surface area contributed by atoms with E-state index in [0.717, 1.165) is 56.7 Å². The molecule has 2 aliphatic carbocycles. The molecule has 266 valence electrons. The van der Waals surface area contributed by atoms with Crippen molar-refractivity contribution in [2.45, 2.75) is 37.5 Å². The van der Waals surface area contributed by atoms with Gasteiger partial charge in [0.05, 0.1) is 0 Å². The second-order valence-electron chi connectivity index (χ2n) is 15.9. The highest BCUT2D eigenvalue weighted by atomic mass is 16.3. The van der Waals surface area contributed by atoms with E-state index in [1.165, 1.54) is 66.8 Å². The lowest BCUT2D eigenvalue weighted by Gasteiger charge is -2.35. The number of fused-ring (bicyclic) bond motifs is 12. The summed E-state index contributed by atoms with van der Waals surface area (Å²) in [7, 11) is 0. The Morgan fingerprint density at radius 1 is 0.411 bits per heavy atom. The molecule has 0 fully saturated rings. The number of furan rings is 2. The quantitative estimate of drug-likeness (QED) is 0.182. The highest BCUT2D eigenvalue weighted by molar-refractivity contribution is 6.16. The predicted octanol–water partition coefficient (Wildman–Crippen LogP) is 14.8. The van der Waals surface area contributed by atoms with Crippen LogP contribution >= 0.6 is 0 Å². The molecule has 0 spiro atoms. The molecule has 0 saturated carbocycles. The molecule has 3 atom stereocenters. The van der Waals surface area contributed by atoms with Crippen molar-refractivity contribution >= 4 is 43.9 Å². The molecule has 0 bridgehead atoms. The minimum Gasteiger partial charge on any atom is -0.456 e. The van der Waals surface area contributed by atoms with E-state index in [4.69, 9.17) is 8.83 Å². The Hall–Kier alpha value is -6.64. The van der Waals surface area contributed by atoms with E-state index in [-0.39, 0.29) is 17.8 Å². The topological polar surface area (TPSA) is 26.3 Å². The Kier molecular flexibility index (Phi) is 6.89. The monoisotopic (exact) mass is 718 g/mol. The Bertz CT molecular complexity index is 3180. The van der Waals surface area contributed by atoms with Gasteiger partial charge in [0, 0.05) is 39.4 Å². The lowest BCUT2D eigenvalue weighted by Crippen LogP contribution is -2.17.